The largest absolute Gasteiger partial charge is 0.474 e. The Bertz CT molecular complexity index is 390. The molecule has 3 atom stereocenters. The van der Waals surface area contributed by atoms with Gasteiger partial charge >= 0.3 is 0 Å². The zero-order chi connectivity index (χ0) is 11.1. The average molecular weight is 217 g/mol. The van der Waals surface area contributed by atoms with Crippen LogP contribution in [0.5, 0.6) is 5.75 Å². The van der Waals surface area contributed by atoms with E-state index in [-0.39, 0.29) is 0 Å². The number of likely N-dealkylation sites (tertiary alicyclic amines) is 1. The first kappa shape index (κ1) is 10.2. The minimum absolute atomic E-state index is 0.298. The first-order chi connectivity index (χ1) is 7.85. The fourth-order valence-corrected chi connectivity index (χ4v) is 3.28. The number of benzene rings is 1. The van der Waals surface area contributed by atoms with E-state index in [2.05, 4.69) is 43.0 Å². The molecule has 2 aliphatic heterocycles. The van der Waals surface area contributed by atoms with Gasteiger partial charge in [0.1, 0.15) is 5.75 Å². The number of rotatable bonds is 2. The molecule has 0 spiro atoms. The molecule has 2 heterocycles. The first-order valence-electron chi connectivity index (χ1n) is 6.36. The number of para-hydroxylation sites is 1. The third-order valence-electron chi connectivity index (χ3n) is 4.07. The predicted molar refractivity (Wildman–Crippen MR) is 64.7 cm³/mol. The van der Waals surface area contributed by atoms with Gasteiger partial charge in [0.05, 0.1) is 0 Å². The molecule has 0 radical (unpaired) electrons. The fraction of sp³-hybridized carbons (Fsp3) is 0.571. The van der Waals surface area contributed by atoms with Crippen molar-refractivity contribution in [2.24, 2.45) is 0 Å². The molecule has 16 heavy (non-hydrogen) atoms. The third kappa shape index (κ3) is 1.29. The molecule has 3 rings (SSSR count). The molecule has 1 saturated heterocycles. The molecule has 0 aromatic heterocycles. The minimum atomic E-state index is 0.298. The average Bonchev–Trinajstić information content (AvgIpc) is 2.83. The van der Waals surface area contributed by atoms with Crippen molar-refractivity contribution in [3.8, 4) is 5.75 Å². The van der Waals surface area contributed by atoms with Gasteiger partial charge in [-0.1, -0.05) is 32.0 Å². The van der Waals surface area contributed by atoms with Crippen molar-refractivity contribution < 1.29 is 4.74 Å². The molecule has 0 amide bonds. The summed E-state index contributed by atoms with van der Waals surface area (Å²) in [5.74, 6) is 1.70. The van der Waals surface area contributed by atoms with Crippen molar-refractivity contribution in [3.05, 3.63) is 29.8 Å². The number of fused-ring (bicyclic) bond motifs is 3. The molecular formula is C14H19NO. The van der Waals surface area contributed by atoms with Gasteiger partial charge in [0.15, 0.2) is 6.23 Å². The van der Waals surface area contributed by atoms with Crippen molar-refractivity contribution in [1.82, 2.24) is 4.90 Å². The van der Waals surface area contributed by atoms with E-state index in [0.717, 1.165) is 12.3 Å². The molecule has 0 saturated carbocycles. The monoisotopic (exact) mass is 217 g/mol. The van der Waals surface area contributed by atoms with Crippen molar-refractivity contribution in [2.45, 2.75) is 44.9 Å². The molecule has 1 fully saturated rings. The van der Waals surface area contributed by atoms with E-state index >= 15 is 0 Å². The van der Waals surface area contributed by atoms with Crippen LogP contribution >= 0.6 is 0 Å². The van der Waals surface area contributed by atoms with Gasteiger partial charge in [-0.25, -0.2) is 0 Å². The highest BCUT2D eigenvalue weighted by Crippen LogP contribution is 2.47. The molecule has 2 heteroatoms. The summed E-state index contributed by atoms with van der Waals surface area (Å²) in [5.41, 5.74) is 1.42. The Kier molecular flexibility index (Phi) is 2.40. The minimum Gasteiger partial charge on any atom is -0.474 e. The highest BCUT2D eigenvalue weighted by atomic mass is 16.5. The van der Waals surface area contributed by atoms with Crippen LogP contribution in [0.3, 0.4) is 0 Å². The van der Waals surface area contributed by atoms with Crippen molar-refractivity contribution in [2.75, 3.05) is 6.54 Å². The van der Waals surface area contributed by atoms with Crippen molar-refractivity contribution in [1.29, 1.82) is 0 Å². The van der Waals surface area contributed by atoms with Crippen LogP contribution in [0.2, 0.25) is 0 Å². The van der Waals surface area contributed by atoms with Crippen LogP contribution in [0.4, 0.5) is 0 Å². The lowest BCUT2D eigenvalue weighted by Gasteiger charge is -2.26. The molecule has 0 aliphatic carbocycles. The summed E-state index contributed by atoms with van der Waals surface area (Å²) in [5, 5.41) is 0. The Morgan fingerprint density at radius 2 is 2.12 bits per heavy atom. The summed E-state index contributed by atoms with van der Waals surface area (Å²) < 4.78 is 6.09. The van der Waals surface area contributed by atoms with Gasteiger partial charge in [0, 0.05) is 17.5 Å². The molecule has 86 valence electrons. The first-order valence-corrected chi connectivity index (χ1v) is 6.36. The second-order valence-electron chi connectivity index (χ2n) is 4.78. The molecule has 2 nitrogen and oxygen atoms in total. The van der Waals surface area contributed by atoms with Gasteiger partial charge in [-0.2, -0.15) is 0 Å². The maximum absolute atomic E-state index is 6.09. The maximum atomic E-state index is 6.09. The highest BCUT2D eigenvalue weighted by Gasteiger charge is 2.46. The van der Waals surface area contributed by atoms with Crippen LogP contribution in [0.15, 0.2) is 24.3 Å². The highest BCUT2D eigenvalue weighted by molar-refractivity contribution is 5.41. The third-order valence-corrected chi connectivity index (χ3v) is 4.07. The van der Waals surface area contributed by atoms with E-state index in [0.29, 0.717) is 18.2 Å². The Hall–Kier alpha value is -1.02. The van der Waals surface area contributed by atoms with Gasteiger partial charge in [0.2, 0.25) is 0 Å². The zero-order valence-electron chi connectivity index (χ0n) is 10.0. The van der Waals surface area contributed by atoms with E-state index in [1.807, 2.05) is 0 Å². The molecule has 0 N–H and O–H groups in total. The van der Waals surface area contributed by atoms with E-state index < -0.39 is 0 Å². The van der Waals surface area contributed by atoms with Crippen LogP contribution in [-0.4, -0.2) is 23.7 Å². The molecule has 3 unspecified atom stereocenters. The SMILES string of the molecule is CCC1CC2c3ccccc3OC2N1CC. The second kappa shape index (κ2) is 3.77. The summed E-state index contributed by atoms with van der Waals surface area (Å²) in [4.78, 5) is 2.52. The molecule has 1 aromatic rings. The number of ether oxygens (including phenoxy) is 1. The van der Waals surface area contributed by atoms with Gasteiger partial charge in [-0.3, -0.25) is 4.90 Å². The van der Waals surface area contributed by atoms with E-state index in [1.54, 1.807) is 0 Å². The lowest BCUT2D eigenvalue weighted by molar-refractivity contribution is 0.0482. The molecular weight excluding hydrogens is 198 g/mol. The van der Waals surface area contributed by atoms with Gasteiger partial charge < -0.3 is 4.74 Å². The van der Waals surface area contributed by atoms with Crippen LogP contribution in [0.1, 0.15) is 38.2 Å². The van der Waals surface area contributed by atoms with Crippen LogP contribution in [0.25, 0.3) is 0 Å². The smallest absolute Gasteiger partial charge is 0.160 e. The summed E-state index contributed by atoms with van der Waals surface area (Å²) in [6, 6.07) is 9.22. The summed E-state index contributed by atoms with van der Waals surface area (Å²) in [6.07, 6.45) is 2.78. The topological polar surface area (TPSA) is 12.5 Å². The van der Waals surface area contributed by atoms with Crippen molar-refractivity contribution in [3.63, 3.8) is 0 Å². The molecule has 0 bridgehead atoms. The second-order valence-corrected chi connectivity index (χ2v) is 4.78. The fourth-order valence-electron chi connectivity index (χ4n) is 3.28. The van der Waals surface area contributed by atoms with E-state index in [9.17, 15) is 0 Å². The summed E-state index contributed by atoms with van der Waals surface area (Å²) >= 11 is 0. The number of hydrogen-bond acceptors (Lipinski definition) is 2. The summed E-state index contributed by atoms with van der Waals surface area (Å²) in [6.45, 7) is 5.60. The molecule has 1 aromatic carbocycles. The number of likely N-dealkylation sites (N-methyl/N-ethyl adjacent to an activating group) is 1. The van der Waals surface area contributed by atoms with Gasteiger partial charge in [-0.15, -0.1) is 0 Å². The maximum Gasteiger partial charge on any atom is 0.160 e. The molecule has 2 aliphatic rings. The van der Waals surface area contributed by atoms with Crippen molar-refractivity contribution >= 4 is 0 Å². The Morgan fingerprint density at radius 3 is 2.88 bits per heavy atom. The van der Waals surface area contributed by atoms with Crippen LogP contribution in [-0.2, 0) is 0 Å². The Balaban J connectivity index is 1.94. The number of nitrogens with zero attached hydrogens (tertiary/aromatic N) is 1. The normalized spacial score (nSPS) is 32.2. The van der Waals surface area contributed by atoms with Crippen LogP contribution < -0.4 is 4.74 Å². The predicted octanol–water partition coefficient (Wildman–Crippen LogP) is 2.99. The quantitative estimate of drug-likeness (QED) is 0.755. The Morgan fingerprint density at radius 1 is 1.31 bits per heavy atom. The van der Waals surface area contributed by atoms with Crippen LogP contribution in [0, 0.1) is 0 Å². The lowest BCUT2D eigenvalue weighted by Crippen LogP contribution is -2.38. The number of hydrogen-bond donors (Lipinski definition) is 0. The Labute approximate surface area is 97.2 Å². The van der Waals surface area contributed by atoms with E-state index in [1.165, 1.54) is 18.4 Å². The van der Waals surface area contributed by atoms with Gasteiger partial charge in [0.25, 0.3) is 0 Å². The standard InChI is InChI=1S/C14H19NO/c1-3-10-9-12-11-7-5-6-8-13(11)16-14(12)15(10)4-2/h5-8,10,12,14H,3-4,9H2,1-2H3. The van der Waals surface area contributed by atoms with Gasteiger partial charge in [-0.05, 0) is 25.5 Å². The van der Waals surface area contributed by atoms with E-state index in [4.69, 9.17) is 4.74 Å². The summed E-state index contributed by atoms with van der Waals surface area (Å²) in [7, 11) is 0. The lowest BCUT2D eigenvalue weighted by atomic mass is 9.96. The zero-order valence-corrected chi connectivity index (χ0v) is 10.0.